The molecular weight excluding hydrogens is 376 g/mol. The predicted octanol–water partition coefficient (Wildman–Crippen LogP) is 2.96. The molecule has 0 bridgehead atoms. The quantitative estimate of drug-likeness (QED) is 0.707. The van der Waals surface area contributed by atoms with E-state index in [1.165, 1.54) is 6.08 Å². The van der Waals surface area contributed by atoms with Gasteiger partial charge in [-0.15, -0.1) is 4.83 Å². The summed E-state index contributed by atoms with van der Waals surface area (Å²) >= 11 is 5.76. The van der Waals surface area contributed by atoms with Crippen molar-refractivity contribution in [3.8, 4) is 5.75 Å². The van der Waals surface area contributed by atoms with E-state index in [9.17, 15) is 13.2 Å². The Bertz CT molecular complexity index is 889. The monoisotopic (exact) mass is 394 g/mol. The third-order valence-electron chi connectivity index (χ3n) is 3.21. The molecule has 0 radical (unpaired) electrons. The highest BCUT2D eigenvalue weighted by Crippen LogP contribution is 2.16. The highest BCUT2D eigenvalue weighted by molar-refractivity contribution is 7.92. The van der Waals surface area contributed by atoms with Gasteiger partial charge in [-0.3, -0.25) is 10.2 Å². The number of aryl methyl sites for hydroxylation is 2. The van der Waals surface area contributed by atoms with Gasteiger partial charge in [0.25, 0.3) is 15.9 Å². The van der Waals surface area contributed by atoms with Crippen molar-refractivity contribution < 1.29 is 17.9 Å². The zero-order chi connectivity index (χ0) is 19.2. The lowest BCUT2D eigenvalue weighted by atomic mass is 10.1. The molecule has 138 valence electrons. The number of rotatable bonds is 7. The highest BCUT2D eigenvalue weighted by Gasteiger charge is 2.09. The number of carbonyl (C=O) groups is 1. The minimum absolute atomic E-state index is 0.313. The number of amides is 1. The first-order valence-corrected chi connectivity index (χ1v) is 9.61. The molecule has 0 fully saturated rings. The van der Waals surface area contributed by atoms with E-state index in [-0.39, 0.29) is 6.61 Å². The topological polar surface area (TPSA) is 84.5 Å². The van der Waals surface area contributed by atoms with Gasteiger partial charge in [-0.05, 0) is 60.9 Å². The van der Waals surface area contributed by atoms with Crippen molar-refractivity contribution in [3.05, 3.63) is 69.6 Å². The molecule has 0 atom stereocenters. The maximum Gasteiger partial charge on any atom is 0.272 e. The van der Waals surface area contributed by atoms with E-state index < -0.39 is 15.9 Å². The number of benzene rings is 2. The van der Waals surface area contributed by atoms with E-state index >= 15 is 0 Å². The summed E-state index contributed by atoms with van der Waals surface area (Å²) < 4.78 is 29.1. The Morgan fingerprint density at radius 2 is 1.73 bits per heavy atom. The summed E-state index contributed by atoms with van der Waals surface area (Å²) in [6, 6.07) is 12.2. The van der Waals surface area contributed by atoms with Crippen LogP contribution in [0.5, 0.6) is 5.75 Å². The number of sulfonamides is 1. The van der Waals surface area contributed by atoms with Crippen molar-refractivity contribution in [2.45, 2.75) is 13.8 Å². The number of halogens is 1. The Hall–Kier alpha value is -2.35. The number of carbonyl (C=O) groups excluding carboxylic acids is 1. The highest BCUT2D eigenvalue weighted by atomic mass is 35.5. The lowest BCUT2D eigenvalue weighted by Crippen LogP contribution is -2.42. The number of nitrogens with one attached hydrogen (secondary N) is 2. The first kappa shape index (κ1) is 20.0. The van der Waals surface area contributed by atoms with Crippen molar-refractivity contribution in [3.63, 3.8) is 0 Å². The van der Waals surface area contributed by atoms with E-state index in [2.05, 4.69) is 5.43 Å². The molecule has 1 amide bonds. The van der Waals surface area contributed by atoms with Gasteiger partial charge in [0.15, 0.2) is 6.61 Å². The molecule has 26 heavy (non-hydrogen) atoms. The van der Waals surface area contributed by atoms with Crippen molar-refractivity contribution in [2.24, 2.45) is 0 Å². The Morgan fingerprint density at radius 3 is 2.35 bits per heavy atom. The Labute approximate surface area is 157 Å². The van der Waals surface area contributed by atoms with Crippen LogP contribution in [0, 0.1) is 13.8 Å². The lowest BCUT2D eigenvalue weighted by Gasteiger charge is -2.09. The molecule has 0 heterocycles. The fraction of sp³-hybridized carbons (Fsp3) is 0.167. The molecule has 6 nitrogen and oxygen atoms in total. The molecule has 0 aliphatic carbocycles. The predicted molar refractivity (Wildman–Crippen MR) is 102 cm³/mol. The largest absolute Gasteiger partial charge is 0.484 e. The zero-order valence-corrected chi connectivity index (χ0v) is 15.9. The maximum atomic E-state index is 11.9. The zero-order valence-electron chi connectivity index (χ0n) is 14.3. The SMILES string of the molecule is Cc1cc(C)cc(OCC(=O)NNS(=O)(=O)/C=C/c2ccc(Cl)cc2)c1. The Morgan fingerprint density at radius 1 is 1.12 bits per heavy atom. The molecule has 0 saturated heterocycles. The Balaban J connectivity index is 1.84. The van der Waals surface area contributed by atoms with Crippen LogP contribution < -0.4 is 15.0 Å². The van der Waals surface area contributed by atoms with Gasteiger partial charge >= 0.3 is 0 Å². The van der Waals surface area contributed by atoms with Crippen LogP contribution in [-0.2, 0) is 14.8 Å². The Kier molecular flexibility index (Phi) is 6.79. The standard InChI is InChI=1S/C18H19ClN2O4S/c1-13-9-14(2)11-17(10-13)25-12-18(22)20-21-26(23,24)8-7-15-3-5-16(19)6-4-15/h3-11,21H,12H2,1-2H3,(H,20,22)/b8-7+. The molecule has 0 saturated carbocycles. The molecule has 2 N–H and O–H groups in total. The summed E-state index contributed by atoms with van der Waals surface area (Å²) in [5, 5.41) is 1.50. The molecule has 2 aromatic rings. The normalized spacial score (nSPS) is 11.5. The minimum Gasteiger partial charge on any atom is -0.484 e. The molecule has 0 aromatic heterocycles. The van der Waals surface area contributed by atoms with E-state index in [4.69, 9.17) is 16.3 Å². The second-order valence-corrected chi connectivity index (χ2v) is 7.66. The molecule has 0 aliphatic rings. The summed E-state index contributed by atoms with van der Waals surface area (Å²) in [7, 11) is -3.83. The van der Waals surface area contributed by atoms with Gasteiger partial charge in [0.1, 0.15) is 5.75 Å². The van der Waals surface area contributed by atoms with Gasteiger partial charge in [0.05, 0.1) is 0 Å². The average Bonchev–Trinajstić information content (AvgIpc) is 2.57. The fourth-order valence-corrected chi connectivity index (χ4v) is 2.89. The van der Waals surface area contributed by atoms with Crippen LogP contribution in [-0.4, -0.2) is 20.9 Å². The van der Waals surface area contributed by atoms with Crippen molar-refractivity contribution in [1.82, 2.24) is 10.3 Å². The van der Waals surface area contributed by atoms with Crippen LogP contribution in [0.1, 0.15) is 16.7 Å². The second kappa shape index (κ2) is 8.84. The second-order valence-electron chi connectivity index (χ2n) is 5.66. The summed E-state index contributed by atoms with van der Waals surface area (Å²) in [6.07, 6.45) is 1.39. The maximum absolute atomic E-state index is 11.9. The number of ether oxygens (including phenoxy) is 1. The van der Waals surface area contributed by atoms with Gasteiger partial charge in [0, 0.05) is 10.4 Å². The number of hydrazine groups is 1. The molecule has 8 heteroatoms. The third kappa shape index (κ3) is 6.87. The smallest absolute Gasteiger partial charge is 0.272 e. The lowest BCUT2D eigenvalue weighted by molar-refractivity contribution is -0.123. The first-order chi connectivity index (χ1) is 12.2. The summed E-state index contributed by atoms with van der Waals surface area (Å²) in [4.78, 5) is 13.7. The van der Waals surface area contributed by atoms with Gasteiger partial charge in [-0.1, -0.05) is 29.8 Å². The molecule has 2 aromatic carbocycles. The summed E-state index contributed by atoms with van der Waals surface area (Å²) in [6.45, 7) is 3.52. The van der Waals surface area contributed by atoms with Crippen LogP contribution in [0.15, 0.2) is 47.9 Å². The fourth-order valence-electron chi connectivity index (χ4n) is 2.11. The summed E-state index contributed by atoms with van der Waals surface area (Å²) in [5.41, 5.74) is 4.77. The van der Waals surface area contributed by atoms with Gasteiger partial charge in [0.2, 0.25) is 0 Å². The third-order valence-corrected chi connectivity index (χ3v) is 4.34. The van der Waals surface area contributed by atoms with Crippen molar-refractivity contribution in [2.75, 3.05) is 6.61 Å². The minimum atomic E-state index is -3.83. The van der Waals surface area contributed by atoms with Crippen molar-refractivity contribution in [1.29, 1.82) is 0 Å². The van der Waals surface area contributed by atoms with Crippen LogP contribution in [0.3, 0.4) is 0 Å². The number of hydrogen-bond acceptors (Lipinski definition) is 4. The van der Waals surface area contributed by atoms with Crippen LogP contribution in [0.25, 0.3) is 6.08 Å². The van der Waals surface area contributed by atoms with E-state index in [1.54, 1.807) is 36.4 Å². The van der Waals surface area contributed by atoms with Crippen LogP contribution in [0.4, 0.5) is 0 Å². The number of hydrogen-bond donors (Lipinski definition) is 2. The van der Waals surface area contributed by atoms with Crippen LogP contribution in [0.2, 0.25) is 5.02 Å². The first-order valence-electron chi connectivity index (χ1n) is 7.69. The van der Waals surface area contributed by atoms with Gasteiger partial charge in [-0.2, -0.15) is 0 Å². The van der Waals surface area contributed by atoms with Gasteiger partial charge in [-0.25, -0.2) is 8.42 Å². The van der Waals surface area contributed by atoms with E-state index in [1.807, 2.05) is 24.7 Å². The van der Waals surface area contributed by atoms with Gasteiger partial charge < -0.3 is 4.74 Å². The van der Waals surface area contributed by atoms with E-state index in [0.29, 0.717) is 16.3 Å². The molecule has 0 aliphatic heterocycles. The molecule has 0 spiro atoms. The average molecular weight is 395 g/mol. The van der Waals surface area contributed by atoms with Crippen molar-refractivity contribution >= 4 is 33.6 Å². The molecular formula is C18H19ClN2O4S. The van der Waals surface area contributed by atoms with Crippen LogP contribution >= 0.6 is 11.6 Å². The van der Waals surface area contributed by atoms with E-state index in [0.717, 1.165) is 16.5 Å². The molecule has 0 unspecified atom stereocenters. The summed E-state index contributed by atoms with van der Waals surface area (Å²) in [5.74, 6) is -0.0734. The molecule has 2 rings (SSSR count).